The number of carbonyl (C=O) groups excluding carboxylic acids is 1. The van der Waals surface area contributed by atoms with Gasteiger partial charge in [0.05, 0.1) is 12.1 Å². The summed E-state index contributed by atoms with van der Waals surface area (Å²) in [6.45, 7) is 0. The summed E-state index contributed by atoms with van der Waals surface area (Å²) in [7, 11) is 1.40. The van der Waals surface area contributed by atoms with Crippen LogP contribution in [0.15, 0.2) is 5.38 Å². The van der Waals surface area contributed by atoms with Gasteiger partial charge in [0.25, 0.3) is 0 Å². The predicted molar refractivity (Wildman–Crippen MR) is 68.5 cm³/mol. The number of nitrogens with zero attached hydrogens (tertiary/aromatic N) is 1. The largest absolute Gasteiger partial charge is 0.464 e. The van der Waals surface area contributed by atoms with Crippen molar-refractivity contribution >= 4 is 17.3 Å². The standard InChI is InChI=1S/C13H19NO2S/c1-16-13(15)11-9-17-12(14-11)10-7-5-3-2-4-6-8-10/h9-10H,2-8H2,1H3. The van der Waals surface area contributed by atoms with Crippen LogP contribution >= 0.6 is 11.3 Å². The number of carbonyl (C=O) groups is 1. The second-order valence-corrected chi connectivity index (χ2v) is 5.49. The van der Waals surface area contributed by atoms with Crippen molar-refractivity contribution in [2.45, 2.75) is 50.9 Å². The van der Waals surface area contributed by atoms with Crippen molar-refractivity contribution in [2.24, 2.45) is 0 Å². The minimum atomic E-state index is -0.321. The third-order valence-corrected chi connectivity index (χ3v) is 4.38. The molecule has 4 heteroatoms. The van der Waals surface area contributed by atoms with Crippen molar-refractivity contribution in [2.75, 3.05) is 7.11 Å². The molecule has 1 aromatic heterocycles. The predicted octanol–water partition coefficient (Wildman–Crippen LogP) is 3.76. The summed E-state index contributed by atoms with van der Waals surface area (Å²) in [5, 5.41) is 2.94. The highest BCUT2D eigenvalue weighted by Crippen LogP contribution is 2.32. The lowest BCUT2D eigenvalue weighted by molar-refractivity contribution is 0.0594. The van der Waals surface area contributed by atoms with Crippen LogP contribution in [0.4, 0.5) is 0 Å². The van der Waals surface area contributed by atoms with Crippen LogP contribution in [0.1, 0.15) is 66.4 Å². The lowest BCUT2D eigenvalue weighted by atomic mass is 9.92. The first-order valence-corrected chi connectivity index (χ1v) is 7.23. The van der Waals surface area contributed by atoms with Gasteiger partial charge in [-0.25, -0.2) is 9.78 Å². The van der Waals surface area contributed by atoms with E-state index in [0.717, 1.165) is 5.01 Å². The average molecular weight is 253 g/mol. The highest BCUT2D eigenvalue weighted by molar-refractivity contribution is 7.09. The van der Waals surface area contributed by atoms with E-state index >= 15 is 0 Å². The lowest BCUT2D eigenvalue weighted by Crippen LogP contribution is -2.05. The summed E-state index contributed by atoms with van der Waals surface area (Å²) >= 11 is 1.60. The number of hydrogen-bond acceptors (Lipinski definition) is 4. The van der Waals surface area contributed by atoms with Crippen molar-refractivity contribution in [3.8, 4) is 0 Å². The smallest absolute Gasteiger partial charge is 0.357 e. The SMILES string of the molecule is COC(=O)c1csc(C2CCCCCCC2)n1. The molecule has 0 aromatic carbocycles. The molecule has 0 saturated heterocycles. The molecule has 1 fully saturated rings. The Hall–Kier alpha value is -0.900. The molecule has 1 aliphatic rings. The van der Waals surface area contributed by atoms with Crippen LogP contribution in [0.2, 0.25) is 0 Å². The van der Waals surface area contributed by atoms with E-state index in [9.17, 15) is 4.79 Å². The Labute approximate surface area is 106 Å². The molecule has 0 bridgehead atoms. The number of hydrogen-bond donors (Lipinski definition) is 0. The van der Waals surface area contributed by atoms with Gasteiger partial charge in [0.2, 0.25) is 0 Å². The van der Waals surface area contributed by atoms with Gasteiger partial charge in [0, 0.05) is 11.3 Å². The van der Waals surface area contributed by atoms with Crippen LogP contribution in [-0.4, -0.2) is 18.1 Å². The molecule has 94 valence electrons. The summed E-state index contributed by atoms with van der Waals surface area (Å²) in [4.78, 5) is 15.8. The van der Waals surface area contributed by atoms with Gasteiger partial charge in [0.1, 0.15) is 0 Å². The molecule has 1 heterocycles. The van der Waals surface area contributed by atoms with E-state index in [1.54, 1.807) is 11.3 Å². The van der Waals surface area contributed by atoms with Gasteiger partial charge < -0.3 is 4.74 Å². The molecule has 3 nitrogen and oxygen atoms in total. The number of thiazole rings is 1. The van der Waals surface area contributed by atoms with E-state index in [4.69, 9.17) is 0 Å². The Bertz CT molecular complexity index is 367. The Morgan fingerprint density at radius 3 is 2.59 bits per heavy atom. The van der Waals surface area contributed by atoms with Gasteiger partial charge in [-0.2, -0.15) is 0 Å². The number of ether oxygens (including phenoxy) is 1. The quantitative estimate of drug-likeness (QED) is 0.753. The number of aromatic nitrogens is 1. The second kappa shape index (κ2) is 6.15. The molecule has 0 atom stereocenters. The van der Waals surface area contributed by atoms with E-state index in [-0.39, 0.29) is 5.97 Å². The van der Waals surface area contributed by atoms with Crippen LogP contribution in [0.3, 0.4) is 0 Å². The third kappa shape index (κ3) is 3.28. The van der Waals surface area contributed by atoms with Crippen molar-refractivity contribution in [1.82, 2.24) is 4.98 Å². The first kappa shape index (κ1) is 12.6. The summed E-state index contributed by atoms with van der Waals surface area (Å²) in [5.41, 5.74) is 0.467. The molecule has 0 aliphatic heterocycles. The monoisotopic (exact) mass is 253 g/mol. The average Bonchev–Trinajstić information content (AvgIpc) is 2.77. The number of rotatable bonds is 2. The molecular weight excluding hydrogens is 234 g/mol. The molecule has 1 saturated carbocycles. The normalized spacial score (nSPS) is 18.4. The van der Waals surface area contributed by atoms with Crippen LogP contribution in [0, 0.1) is 0 Å². The molecule has 0 amide bonds. The van der Waals surface area contributed by atoms with E-state index < -0.39 is 0 Å². The Kier molecular flexibility index (Phi) is 4.54. The fourth-order valence-corrected chi connectivity index (χ4v) is 3.34. The van der Waals surface area contributed by atoms with Gasteiger partial charge in [-0.15, -0.1) is 11.3 Å². The van der Waals surface area contributed by atoms with E-state index in [1.807, 2.05) is 5.38 Å². The Morgan fingerprint density at radius 2 is 1.94 bits per heavy atom. The Morgan fingerprint density at radius 1 is 1.29 bits per heavy atom. The maximum Gasteiger partial charge on any atom is 0.357 e. The van der Waals surface area contributed by atoms with Crippen molar-refractivity contribution in [3.05, 3.63) is 16.1 Å². The van der Waals surface area contributed by atoms with Crippen LogP contribution in [-0.2, 0) is 4.74 Å². The minimum Gasteiger partial charge on any atom is -0.464 e. The Balaban J connectivity index is 2.04. The maximum atomic E-state index is 11.4. The number of esters is 1. The first-order valence-electron chi connectivity index (χ1n) is 6.35. The van der Waals surface area contributed by atoms with Crippen molar-refractivity contribution in [1.29, 1.82) is 0 Å². The van der Waals surface area contributed by atoms with Crippen LogP contribution in [0.5, 0.6) is 0 Å². The molecule has 1 aromatic rings. The minimum absolute atomic E-state index is 0.321. The zero-order valence-electron chi connectivity index (χ0n) is 10.3. The summed E-state index contributed by atoms with van der Waals surface area (Å²) < 4.78 is 4.69. The van der Waals surface area contributed by atoms with E-state index in [2.05, 4.69) is 9.72 Å². The zero-order valence-corrected chi connectivity index (χ0v) is 11.1. The fraction of sp³-hybridized carbons (Fsp3) is 0.692. The maximum absolute atomic E-state index is 11.4. The summed E-state index contributed by atoms with van der Waals surface area (Å²) in [6.07, 6.45) is 9.06. The first-order chi connectivity index (χ1) is 8.31. The third-order valence-electron chi connectivity index (χ3n) is 3.37. The summed E-state index contributed by atoms with van der Waals surface area (Å²) in [5.74, 6) is 0.233. The molecule has 0 unspecified atom stereocenters. The summed E-state index contributed by atoms with van der Waals surface area (Å²) in [6, 6.07) is 0. The highest BCUT2D eigenvalue weighted by Gasteiger charge is 2.19. The van der Waals surface area contributed by atoms with Crippen molar-refractivity contribution < 1.29 is 9.53 Å². The topological polar surface area (TPSA) is 39.2 Å². The van der Waals surface area contributed by atoms with E-state index in [0.29, 0.717) is 11.6 Å². The molecule has 0 spiro atoms. The second-order valence-electron chi connectivity index (χ2n) is 4.60. The fourth-order valence-electron chi connectivity index (χ4n) is 2.38. The van der Waals surface area contributed by atoms with Crippen molar-refractivity contribution in [3.63, 3.8) is 0 Å². The molecule has 2 rings (SSSR count). The molecule has 1 aliphatic carbocycles. The van der Waals surface area contributed by atoms with Gasteiger partial charge in [0.15, 0.2) is 5.69 Å². The lowest BCUT2D eigenvalue weighted by Gasteiger charge is -2.17. The van der Waals surface area contributed by atoms with Gasteiger partial charge in [-0.05, 0) is 12.8 Å². The molecule has 17 heavy (non-hydrogen) atoms. The molecule has 0 radical (unpaired) electrons. The number of methoxy groups -OCH3 is 1. The van der Waals surface area contributed by atoms with Gasteiger partial charge in [-0.1, -0.05) is 32.1 Å². The van der Waals surface area contributed by atoms with Gasteiger partial charge >= 0.3 is 5.97 Å². The van der Waals surface area contributed by atoms with Crippen LogP contribution < -0.4 is 0 Å². The highest BCUT2D eigenvalue weighted by atomic mass is 32.1. The zero-order chi connectivity index (χ0) is 12.1. The van der Waals surface area contributed by atoms with E-state index in [1.165, 1.54) is 52.1 Å². The van der Waals surface area contributed by atoms with Crippen LogP contribution in [0.25, 0.3) is 0 Å². The molecular formula is C13H19NO2S. The molecule has 0 N–H and O–H groups in total. The van der Waals surface area contributed by atoms with Gasteiger partial charge in [-0.3, -0.25) is 0 Å².